The van der Waals surface area contributed by atoms with Gasteiger partial charge in [-0.2, -0.15) is 5.10 Å². The smallest absolute Gasteiger partial charge is 0.259 e. The molecule has 0 fully saturated rings. The van der Waals surface area contributed by atoms with E-state index in [-0.39, 0.29) is 12.5 Å². The van der Waals surface area contributed by atoms with E-state index in [1.807, 2.05) is 42.5 Å². The zero-order valence-corrected chi connectivity index (χ0v) is 17.2. The van der Waals surface area contributed by atoms with Gasteiger partial charge in [0, 0.05) is 16.3 Å². The van der Waals surface area contributed by atoms with Crippen molar-refractivity contribution < 1.29 is 9.21 Å². The predicted molar refractivity (Wildman–Crippen MR) is 122 cm³/mol. The number of carbonyl (C=O) groups excluding carboxylic acids is 1. The van der Waals surface area contributed by atoms with Crippen molar-refractivity contribution in [3.05, 3.63) is 88.6 Å². The van der Waals surface area contributed by atoms with Crippen molar-refractivity contribution in [2.75, 3.05) is 11.9 Å². The van der Waals surface area contributed by atoms with E-state index in [2.05, 4.69) is 15.8 Å². The number of rotatable bonds is 6. The number of benzene rings is 3. The number of furan rings is 1. The van der Waals surface area contributed by atoms with Gasteiger partial charge in [0.05, 0.1) is 17.8 Å². The first-order valence-electron chi connectivity index (χ1n) is 9.18. The number of fused-ring (bicyclic) bond motifs is 1. The third kappa shape index (κ3) is 4.82. The van der Waals surface area contributed by atoms with Gasteiger partial charge in [-0.05, 0) is 53.2 Å². The Morgan fingerprint density at radius 1 is 0.967 bits per heavy atom. The van der Waals surface area contributed by atoms with E-state index in [4.69, 9.17) is 27.6 Å². The first kappa shape index (κ1) is 20.0. The van der Waals surface area contributed by atoms with Gasteiger partial charge in [0.1, 0.15) is 11.5 Å². The summed E-state index contributed by atoms with van der Waals surface area (Å²) in [6.45, 7) is 0.0945. The minimum atomic E-state index is -0.274. The molecule has 150 valence electrons. The van der Waals surface area contributed by atoms with Crippen molar-refractivity contribution in [3.8, 4) is 11.3 Å². The topological polar surface area (TPSA) is 66.6 Å². The normalized spacial score (nSPS) is 11.1. The number of hydrogen-bond donors (Lipinski definition) is 2. The van der Waals surface area contributed by atoms with Crippen molar-refractivity contribution in [2.45, 2.75) is 0 Å². The maximum atomic E-state index is 12.0. The maximum absolute atomic E-state index is 12.0. The lowest BCUT2D eigenvalue weighted by Crippen LogP contribution is -2.25. The predicted octanol–water partition coefficient (Wildman–Crippen LogP) is 5.97. The van der Waals surface area contributed by atoms with Crippen molar-refractivity contribution in [1.82, 2.24) is 5.43 Å². The molecule has 0 aliphatic rings. The van der Waals surface area contributed by atoms with E-state index in [9.17, 15) is 4.79 Å². The van der Waals surface area contributed by atoms with Crippen LogP contribution in [-0.4, -0.2) is 18.7 Å². The summed E-state index contributed by atoms with van der Waals surface area (Å²) in [5, 5.41) is 10.4. The highest BCUT2D eigenvalue weighted by molar-refractivity contribution is 6.35. The Morgan fingerprint density at radius 3 is 2.67 bits per heavy atom. The van der Waals surface area contributed by atoms with Crippen molar-refractivity contribution in [2.24, 2.45) is 5.10 Å². The molecule has 0 unspecified atom stereocenters. The van der Waals surface area contributed by atoms with Crippen LogP contribution in [0.25, 0.3) is 22.1 Å². The Labute approximate surface area is 183 Å². The number of nitrogens with zero attached hydrogens (tertiary/aromatic N) is 1. The molecule has 0 atom stereocenters. The summed E-state index contributed by atoms with van der Waals surface area (Å²) in [5.74, 6) is 0.765. The summed E-state index contributed by atoms with van der Waals surface area (Å²) < 4.78 is 5.70. The molecule has 4 rings (SSSR count). The molecule has 1 amide bonds. The van der Waals surface area contributed by atoms with E-state index < -0.39 is 0 Å². The van der Waals surface area contributed by atoms with E-state index >= 15 is 0 Å². The number of carbonyl (C=O) groups is 1. The van der Waals surface area contributed by atoms with Gasteiger partial charge in [0.2, 0.25) is 0 Å². The van der Waals surface area contributed by atoms with E-state index in [0.29, 0.717) is 27.1 Å². The van der Waals surface area contributed by atoms with Crippen LogP contribution in [0, 0.1) is 0 Å². The van der Waals surface area contributed by atoms with Gasteiger partial charge in [-0.15, -0.1) is 0 Å². The number of amides is 1. The molecule has 3 aromatic carbocycles. The molecule has 4 aromatic rings. The Bertz CT molecular complexity index is 1230. The van der Waals surface area contributed by atoms with Crippen molar-refractivity contribution >= 4 is 51.8 Å². The highest BCUT2D eigenvalue weighted by Gasteiger charge is 2.09. The quantitative estimate of drug-likeness (QED) is 0.288. The average Bonchev–Trinajstić information content (AvgIpc) is 3.22. The molecule has 2 N–H and O–H groups in total. The standard InChI is InChI=1S/C23H17Cl2N3O2/c24-17-6-9-21(25)20(12-17)22-10-8-19(30-22)13-27-28-23(29)14-26-18-7-5-15-3-1-2-4-16(15)11-18/h1-13,26H,14H2,(H,28,29)/b27-13+. The van der Waals surface area contributed by atoms with Crippen LogP contribution in [0.4, 0.5) is 5.69 Å². The van der Waals surface area contributed by atoms with E-state index in [1.54, 1.807) is 30.3 Å². The van der Waals surface area contributed by atoms with Crippen molar-refractivity contribution in [3.63, 3.8) is 0 Å². The number of halogens is 2. The highest BCUT2D eigenvalue weighted by atomic mass is 35.5. The lowest BCUT2D eigenvalue weighted by Gasteiger charge is -2.06. The second-order valence-electron chi connectivity index (χ2n) is 6.53. The second kappa shape index (κ2) is 9.03. The van der Waals surface area contributed by atoms with Gasteiger partial charge >= 0.3 is 0 Å². The Balaban J connectivity index is 1.32. The minimum Gasteiger partial charge on any atom is -0.455 e. The SMILES string of the molecule is O=C(CNc1ccc2ccccc2c1)N/N=C/c1ccc(-c2cc(Cl)ccc2Cl)o1. The number of hydrazone groups is 1. The summed E-state index contributed by atoms with van der Waals surface area (Å²) in [7, 11) is 0. The molecule has 0 saturated heterocycles. The summed E-state index contributed by atoms with van der Waals surface area (Å²) >= 11 is 12.2. The molecule has 0 aliphatic carbocycles. The Hall–Kier alpha value is -3.28. The summed E-state index contributed by atoms with van der Waals surface area (Å²) in [5.41, 5.74) is 4.02. The van der Waals surface area contributed by atoms with Gasteiger partial charge in [-0.3, -0.25) is 4.79 Å². The summed E-state index contributed by atoms with van der Waals surface area (Å²) in [6, 6.07) is 22.6. The Kier molecular flexibility index (Phi) is 6.02. The maximum Gasteiger partial charge on any atom is 0.259 e. The number of hydrogen-bond acceptors (Lipinski definition) is 4. The van der Waals surface area contributed by atoms with Crippen LogP contribution in [0.15, 0.2) is 82.3 Å². The molecule has 0 radical (unpaired) electrons. The van der Waals surface area contributed by atoms with Crippen LogP contribution in [0.1, 0.15) is 5.76 Å². The molecule has 30 heavy (non-hydrogen) atoms. The third-order valence-corrected chi connectivity index (χ3v) is 4.97. The summed E-state index contributed by atoms with van der Waals surface area (Å²) in [4.78, 5) is 12.0. The van der Waals surface area contributed by atoms with Crippen LogP contribution in [0.2, 0.25) is 10.0 Å². The van der Waals surface area contributed by atoms with Gasteiger partial charge in [-0.1, -0.05) is 53.5 Å². The van der Waals surface area contributed by atoms with Gasteiger partial charge in [0.25, 0.3) is 5.91 Å². The minimum absolute atomic E-state index is 0.0945. The van der Waals surface area contributed by atoms with Crippen LogP contribution in [0.3, 0.4) is 0 Å². The fourth-order valence-corrected chi connectivity index (χ4v) is 3.33. The molecule has 0 bridgehead atoms. The average molecular weight is 438 g/mol. The third-order valence-electron chi connectivity index (χ3n) is 4.40. The first-order valence-corrected chi connectivity index (χ1v) is 9.94. The lowest BCUT2D eigenvalue weighted by molar-refractivity contribution is -0.119. The van der Waals surface area contributed by atoms with Crippen LogP contribution in [0.5, 0.6) is 0 Å². The van der Waals surface area contributed by atoms with Crippen LogP contribution < -0.4 is 10.7 Å². The molecular formula is C23H17Cl2N3O2. The summed E-state index contributed by atoms with van der Waals surface area (Å²) in [6.07, 6.45) is 1.43. The molecule has 7 heteroatoms. The van der Waals surface area contributed by atoms with Crippen LogP contribution in [-0.2, 0) is 4.79 Å². The van der Waals surface area contributed by atoms with Crippen molar-refractivity contribution in [1.29, 1.82) is 0 Å². The molecule has 0 saturated carbocycles. The first-order chi connectivity index (χ1) is 14.6. The van der Waals surface area contributed by atoms with Gasteiger partial charge in [0.15, 0.2) is 0 Å². The fraction of sp³-hybridized carbons (Fsp3) is 0.0435. The molecule has 0 spiro atoms. The molecular weight excluding hydrogens is 421 g/mol. The van der Waals surface area contributed by atoms with Crippen LogP contribution >= 0.6 is 23.2 Å². The Morgan fingerprint density at radius 2 is 1.80 bits per heavy atom. The number of anilines is 1. The highest BCUT2D eigenvalue weighted by Crippen LogP contribution is 2.31. The van der Waals surface area contributed by atoms with Gasteiger partial charge in [-0.25, -0.2) is 5.43 Å². The van der Waals surface area contributed by atoms with E-state index in [1.165, 1.54) is 6.21 Å². The molecule has 1 heterocycles. The largest absolute Gasteiger partial charge is 0.455 e. The van der Waals surface area contributed by atoms with Gasteiger partial charge < -0.3 is 9.73 Å². The number of nitrogens with one attached hydrogen (secondary N) is 2. The van der Waals surface area contributed by atoms with E-state index in [0.717, 1.165) is 16.5 Å². The molecule has 5 nitrogen and oxygen atoms in total. The second-order valence-corrected chi connectivity index (χ2v) is 7.38. The zero-order chi connectivity index (χ0) is 20.9. The lowest BCUT2D eigenvalue weighted by atomic mass is 10.1. The fourth-order valence-electron chi connectivity index (χ4n) is 2.94. The molecule has 0 aliphatic heterocycles. The molecule has 1 aromatic heterocycles. The zero-order valence-electron chi connectivity index (χ0n) is 15.7. The monoisotopic (exact) mass is 437 g/mol.